The summed E-state index contributed by atoms with van der Waals surface area (Å²) in [7, 11) is -8.53. The zero-order valence-electron chi connectivity index (χ0n) is 26.2. The van der Waals surface area contributed by atoms with Crippen LogP contribution in [0, 0.1) is 0 Å². The molecule has 7 aromatic rings. The normalized spacial score (nSPS) is 14.4. The molecule has 0 bridgehead atoms. The fourth-order valence-corrected chi connectivity index (χ4v) is 8.62. The molecule has 5 aromatic heterocycles. The van der Waals surface area contributed by atoms with Crippen molar-refractivity contribution in [1.82, 2.24) is 60.7 Å². The van der Waals surface area contributed by atoms with Gasteiger partial charge in [0.15, 0.2) is 5.65 Å². The third-order valence-corrected chi connectivity index (χ3v) is 11.2. The van der Waals surface area contributed by atoms with Crippen LogP contribution in [0.15, 0.2) is 70.8 Å². The number of thiophene rings is 1. The van der Waals surface area contributed by atoms with E-state index in [1.165, 1.54) is 40.7 Å². The molecule has 1 aliphatic heterocycles. The van der Waals surface area contributed by atoms with Crippen LogP contribution < -0.4 is 10.3 Å². The average Bonchev–Trinajstić information content (AvgIpc) is 3.94. The summed E-state index contributed by atoms with van der Waals surface area (Å²) in [6.07, 6.45) is 4.72. The van der Waals surface area contributed by atoms with Gasteiger partial charge in [-0.25, -0.2) is 32.1 Å². The maximum absolute atomic E-state index is 13.0. The molecule has 2 aromatic carbocycles. The molecule has 0 atom stereocenters. The molecule has 0 unspecified atom stereocenters. The van der Waals surface area contributed by atoms with Gasteiger partial charge in [-0.05, 0) is 39.8 Å². The molecule has 6 N–H and O–H groups in total. The summed E-state index contributed by atoms with van der Waals surface area (Å²) >= 11 is 1.35. The summed E-state index contributed by atoms with van der Waals surface area (Å²) in [5.74, 6) is -0.0408. The lowest BCUT2D eigenvalue weighted by Crippen LogP contribution is -2.35. The Bertz CT molecular complexity index is 2630. The Morgan fingerprint density at radius 2 is 1.53 bits per heavy atom. The molecule has 51 heavy (non-hydrogen) atoms. The van der Waals surface area contributed by atoms with Gasteiger partial charge < -0.3 is 9.72 Å². The second-order valence-electron chi connectivity index (χ2n) is 11.4. The van der Waals surface area contributed by atoms with Crippen molar-refractivity contribution in [2.45, 2.75) is 16.3 Å². The standard InChI is InChI=1S/C29H26N14O5S3/c30-50(44,45)21-5-1-3-17(23(21)26-35-39-40-36-26)19-13-16(15-42-9-11-48-12-10-42)49-29(19)43-38-27(37-41-43)24-18(4-2-6-22(24)51(31,46)47)20-14-34-28-25(20)32-7-8-33-28/h1-8,13-14H,9-12,15H2,(H,33,34)(H2,30,44,45)(H2,31,46,47)(H,35,36,39,40). The lowest BCUT2D eigenvalue weighted by molar-refractivity contribution is 0.0346. The number of hydrogen-bond donors (Lipinski definition) is 4. The molecule has 1 aliphatic rings. The average molecular weight is 747 g/mol. The predicted octanol–water partition coefficient (Wildman–Crippen LogP) is 1.30. The van der Waals surface area contributed by atoms with E-state index in [9.17, 15) is 16.8 Å². The van der Waals surface area contributed by atoms with Crippen molar-refractivity contribution in [3.05, 3.63) is 65.9 Å². The largest absolute Gasteiger partial charge is 0.379 e. The molecule has 22 heteroatoms. The van der Waals surface area contributed by atoms with Gasteiger partial charge in [-0.1, -0.05) is 24.3 Å². The third-order valence-electron chi connectivity index (χ3n) is 8.19. The van der Waals surface area contributed by atoms with Crippen LogP contribution in [-0.2, 0) is 31.3 Å². The van der Waals surface area contributed by atoms with Crippen molar-refractivity contribution in [1.29, 1.82) is 0 Å². The Kier molecular flexibility index (Phi) is 8.21. The number of primary sulfonamides is 2. The number of aromatic amines is 2. The molecule has 1 fully saturated rings. The van der Waals surface area contributed by atoms with Gasteiger partial charge in [0.25, 0.3) is 0 Å². The summed E-state index contributed by atoms with van der Waals surface area (Å²) in [5.41, 5.74) is 3.10. The van der Waals surface area contributed by atoms with Gasteiger partial charge in [0, 0.05) is 54.2 Å². The van der Waals surface area contributed by atoms with Crippen LogP contribution in [0.4, 0.5) is 0 Å². The SMILES string of the molecule is NS(=O)(=O)c1cccc(-c2cc(CN3CCOCC3)sc2-n2nnc(-c3c(-c4c[nH]c5nccnc45)cccc3S(N)(=O)=O)n2)c1-c1nn[nH]n1. The molecular formula is C29H26N14O5S3. The van der Waals surface area contributed by atoms with Gasteiger partial charge >= 0.3 is 0 Å². The number of nitrogens with zero attached hydrogens (tertiary/aromatic N) is 10. The molecular weight excluding hydrogens is 721 g/mol. The van der Waals surface area contributed by atoms with Crippen LogP contribution in [0.1, 0.15) is 4.88 Å². The number of nitrogens with one attached hydrogen (secondary N) is 2. The van der Waals surface area contributed by atoms with Crippen molar-refractivity contribution in [2.75, 3.05) is 26.3 Å². The molecule has 0 spiro atoms. The molecule has 0 radical (unpaired) electrons. The highest BCUT2D eigenvalue weighted by Crippen LogP contribution is 2.42. The van der Waals surface area contributed by atoms with E-state index >= 15 is 0 Å². The first kappa shape index (κ1) is 32.8. The van der Waals surface area contributed by atoms with E-state index in [4.69, 9.17) is 20.1 Å². The summed E-state index contributed by atoms with van der Waals surface area (Å²) in [5, 5.41) is 39.3. The molecule has 0 aliphatic carbocycles. The van der Waals surface area contributed by atoms with Crippen molar-refractivity contribution in [2.24, 2.45) is 10.3 Å². The van der Waals surface area contributed by atoms with Crippen LogP contribution in [0.25, 0.3) is 61.2 Å². The number of aromatic nitrogens is 11. The van der Waals surface area contributed by atoms with Crippen molar-refractivity contribution in [3.63, 3.8) is 0 Å². The molecule has 1 saturated heterocycles. The Hall–Kier alpha value is -5.36. The maximum atomic E-state index is 13.0. The zero-order valence-corrected chi connectivity index (χ0v) is 28.7. The summed E-state index contributed by atoms with van der Waals surface area (Å²) in [6.45, 7) is 3.16. The summed E-state index contributed by atoms with van der Waals surface area (Å²) < 4.78 is 57.0. The number of tetrazole rings is 2. The first-order valence-electron chi connectivity index (χ1n) is 15.1. The monoisotopic (exact) mass is 746 g/mol. The first-order chi connectivity index (χ1) is 24.6. The Morgan fingerprint density at radius 3 is 2.22 bits per heavy atom. The van der Waals surface area contributed by atoms with Crippen molar-refractivity contribution in [3.8, 4) is 50.0 Å². The predicted molar refractivity (Wildman–Crippen MR) is 183 cm³/mol. The number of rotatable bonds is 9. The number of benzene rings is 2. The van der Waals surface area contributed by atoms with Gasteiger partial charge in [-0.2, -0.15) is 5.21 Å². The van der Waals surface area contributed by atoms with E-state index in [1.54, 1.807) is 30.5 Å². The minimum Gasteiger partial charge on any atom is -0.379 e. The number of morpholine rings is 1. The third kappa shape index (κ3) is 6.18. The first-order valence-corrected chi connectivity index (χ1v) is 19.0. The van der Waals surface area contributed by atoms with Crippen LogP contribution in [0.2, 0.25) is 0 Å². The van der Waals surface area contributed by atoms with Crippen LogP contribution in [0.3, 0.4) is 0 Å². The van der Waals surface area contributed by atoms with Gasteiger partial charge in [0.1, 0.15) is 10.5 Å². The molecule has 8 rings (SSSR count). The van der Waals surface area contributed by atoms with Crippen LogP contribution >= 0.6 is 11.3 Å². The second kappa shape index (κ2) is 12.8. The van der Waals surface area contributed by atoms with Gasteiger partial charge in [0.05, 0.1) is 34.1 Å². The number of nitrogens with two attached hydrogens (primary N) is 2. The van der Waals surface area contributed by atoms with E-state index in [0.717, 1.165) is 4.88 Å². The fraction of sp³-hybridized carbons (Fsp3) is 0.172. The molecule has 19 nitrogen and oxygen atoms in total. The molecule has 0 saturated carbocycles. The molecule has 0 amide bonds. The highest BCUT2D eigenvalue weighted by molar-refractivity contribution is 7.89. The van der Waals surface area contributed by atoms with Gasteiger partial charge in [0.2, 0.25) is 31.7 Å². The van der Waals surface area contributed by atoms with E-state index in [2.05, 4.69) is 50.8 Å². The molecule has 6 heterocycles. The molecule has 260 valence electrons. The summed E-state index contributed by atoms with van der Waals surface area (Å²) in [4.78, 5) is 15.7. The Labute approximate surface area is 292 Å². The number of H-pyrrole nitrogens is 2. The number of ether oxygens (including phenoxy) is 1. The van der Waals surface area contributed by atoms with E-state index in [-0.39, 0.29) is 32.6 Å². The Balaban J connectivity index is 1.33. The van der Waals surface area contributed by atoms with Crippen LogP contribution in [-0.4, -0.2) is 104 Å². The van der Waals surface area contributed by atoms with E-state index in [1.807, 2.05) is 6.07 Å². The number of hydrogen-bond acceptors (Lipinski definition) is 15. The lowest BCUT2D eigenvalue weighted by atomic mass is 10.0. The smallest absolute Gasteiger partial charge is 0.238 e. The number of fused-ring (bicyclic) bond motifs is 1. The van der Waals surface area contributed by atoms with Crippen LogP contribution in [0.5, 0.6) is 0 Å². The quantitative estimate of drug-likeness (QED) is 0.162. The van der Waals surface area contributed by atoms with E-state index < -0.39 is 20.0 Å². The number of sulfonamides is 2. The van der Waals surface area contributed by atoms with Gasteiger partial charge in [-0.3, -0.25) is 9.88 Å². The van der Waals surface area contributed by atoms with Gasteiger partial charge in [-0.15, -0.1) is 36.5 Å². The highest BCUT2D eigenvalue weighted by Gasteiger charge is 2.29. The highest BCUT2D eigenvalue weighted by atomic mass is 32.2. The fourth-order valence-electron chi connectivity index (χ4n) is 6.00. The summed E-state index contributed by atoms with van der Waals surface area (Å²) in [6, 6.07) is 11.1. The van der Waals surface area contributed by atoms with Crippen molar-refractivity contribution >= 4 is 42.5 Å². The second-order valence-corrected chi connectivity index (χ2v) is 15.5. The zero-order chi connectivity index (χ0) is 35.3. The van der Waals surface area contributed by atoms with E-state index in [0.29, 0.717) is 71.3 Å². The minimum absolute atomic E-state index is 0.00212. The Morgan fingerprint density at radius 1 is 0.843 bits per heavy atom. The topological polar surface area (TPSA) is 272 Å². The lowest BCUT2D eigenvalue weighted by Gasteiger charge is -2.25. The maximum Gasteiger partial charge on any atom is 0.238 e. The van der Waals surface area contributed by atoms with Crippen molar-refractivity contribution < 1.29 is 21.6 Å². The minimum atomic E-state index is -4.28.